The molecule has 0 aliphatic rings. The molecular weight excluding hydrogens is 266 g/mol. The Balaban J connectivity index is 1.98. The lowest BCUT2D eigenvalue weighted by Gasteiger charge is -2.08. The molecular formula is C16H17N3O2. The number of hydrogen-bond acceptors (Lipinski definition) is 3. The summed E-state index contributed by atoms with van der Waals surface area (Å²) in [7, 11) is 0. The van der Waals surface area contributed by atoms with Gasteiger partial charge in [0.15, 0.2) is 0 Å². The SMILES string of the molecule is CC(=O)Nc1ccc(CNc2cccc(C(N)=O)c2)cc1. The van der Waals surface area contributed by atoms with Gasteiger partial charge in [-0.25, -0.2) is 0 Å². The molecule has 0 unspecified atom stereocenters. The van der Waals surface area contributed by atoms with Crippen LogP contribution in [0.3, 0.4) is 0 Å². The van der Waals surface area contributed by atoms with Gasteiger partial charge in [-0.05, 0) is 35.9 Å². The summed E-state index contributed by atoms with van der Waals surface area (Å²) < 4.78 is 0. The largest absolute Gasteiger partial charge is 0.381 e. The highest BCUT2D eigenvalue weighted by Gasteiger charge is 2.01. The van der Waals surface area contributed by atoms with Gasteiger partial charge in [-0.2, -0.15) is 0 Å². The van der Waals surface area contributed by atoms with Crippen LogP contribution in [0.2, 0.25) is 0 Å². The van der Waals surface area contributed by atoms with Crippen molar-refractivity contribution in [2.24, 2.45) is 5.73 Å². The van der Waals surface area contributed by atoms with Gasteiger partial charge < -0.3 is 16.4 Å². The molecule has 5 nitrogen and oxygen atoms in total. The third-order valence-corrected chi connectivity index (χ3v) is 2.92. The van der Waals surface area contributed by atoms with Crippen LogP contribution in [-0.4, -0.2) is 11.8 Å². The molecule has 0 radical (unpaired) electrons. The van der Waals surface area contributed by atoms with Gasteiger partial charge >= 0.3 is 0 Å². The number of nitrogens with two attached hydrogens (primary N) is 1. The van der Waals surface area contributed by atoms with E-state index in [1.807, 2.05) is 30.3 Å². The number of carbonyl (C=O) groups excluding carboxylic acids is 2. The quantitative estimate of drug-likeness (QED) is 0.787. The van der Waals surface area contributed by atoms with Crippen LogP contribution in [0.1, 0.15) is 22.8 Å². The van der Waals surface area contributed by atoms with E-state index in [0.717, 1.165) is 16.9 Å². The molecule has 0 aliphatic carbocycles. The van der Waals surface area contributed by atoms with Crippen molar-refractivity contribution >= 4 is 23.2 Å². The summed E-state index contributed by atoms with van der Waals surface area (Å²) in [6.07, 6.45) is 0. The van der Waals surface area contributed by atoms with Gasteiger partial charge in [-0.1, -0.05) is 18.2 Å². The average molecular weight is 283 g/mol. The molecule has 2 rings (SSSR count). The van der Waals surface area contributed by atoms with Crippen molar-refractivity contribution in [2.45, 2.75) is 13.5 Å². The van der Waals surface area contributed by atoms with Crippen molar-refractivity contribution < 1.29 is 9.59 Å². The third kappa shape index (κ3) is 4.35. The van der Waals surface area contributed by atoms with Crippen molar-refractivity contribution in [1.82, 2.24) is 0 Å². The number of amides is 2. The maximum Gasteiger partial charge on any atom is 0.248 e. The molecule has 0 aromatic heterocycles. The third-order valence-electron chi connectivity index (χ3n) is 2.92. The summed E-state index contributed by atoms with van der Waals surface area (Å²) in [5.41, 5.74) is 8.38. The summed E-state index contributed by atoms with van der Waals surface area (Å²) in [4.78, 5) is 22.0. The molecule has 0 saturated heterocycles. The minimum absolute atomic E-state index is 0.0934. The number of rotatable bonds is 5. The summed E-state index contributed by atoms with van der Waals surface area (Å²) in [6, 6.07) is 14.6. The smallest absolute Gasteiger partial charge is 0.248 e. The van der Waals surface area contributed by atoms with Gasteiger partial charge in [0.25, 0.3) is 0 Å². The van der Waals surface area contributed by atoms with Crippen LogP contribution in [0, 0.1) is 0 Å². The normalized spacial score (nSPS) is 9.95. The summed E-state index contributed by atoms with van der Waals surface area (Å²) >= 11 is 0. The van der Waals surface area contributed by atoms with Crippen LogP contribution >= 0.6 is 0 Å². The lowest BCUT2D eigenvalue weighted by molar-refractivity contribution is -0.114. The molecule has 0 spiro atoms. The first-order valence-electron chi connectivity index (χ1n) is 6.55. The van der Waals surface area contributed by atoms with E-state index >= 15 is 0 Å². The Labute approximate surface area is 123 Å². The Kier molecular flexibility index (Phi) is 4.56. The van der Waals surface area contributed by atoms with Crippen molar-refractivity contribution in [3.63, 3.8) is 0 Å². The Hall–Kier alpha value is -2.82. The maximum atomic E-state index is 11.1. The second-order valence-electron chi connectivity index (χ2n) is 4.68. The van der Waals surface area contributed by atoms with Crippen molar-refractivity contribution in [2.75, 3.05) is 10.6 Å². The molecule has 5 heteroatoms. The molecule has 21 heavy (non-hydrogen) atoms. The second kappa shape index (κ2) is 6.56. The van der Waals surface area contributed by atoms with Crippen LogP contribution in [0.25, 0.3) is 0 Å². The number of primary amides is 1. The molecule has 0 heterocycles. The lowest BCUT2D eigenvalue weighted by atomic mass is 10.1. The first kappa shape index (κ1) is 14.6. The highest BCUT2D eigenvalue weighted by Crippen LogP contribution is 2.14. The number of benzene rings is 2. The minimum Gasteiger partial charge on any atom is -0.381 e. The van der Waals surface area contributed by atoms with Crippen molar-refractivity contribution in [3.8, 4) is 0 Å². The van der Waals surface area contributed by atoms with E-state index in [0.29, 0.717) is 12.1 Å². The van der Waals surface area contributed by atoms with E-state index in [1.165, 1.54) is 6.92 Å². The highest BCUT2D eigenvalue weighted by molar-refractivity contribution is 5.93. The Bertz CT molecular complexity index is 651. The minimum atomic E-state index is -0.446. The van der Waals surface area contributed by atoms with Crippen LogP contribution < -0.4 is 16.4 Å². The van der Waals surface area contributed by atoms with Crippen molar-refractivity contribution in [1.29, 1.82) is 0 Å². The highest BCUT2D eigenvalue weighted by atomic mass is 16.1. The van der Waals surface area contributed by atoms with E-state index < -0.39 is 5.91 Å². The molecule has 0 bridgehead atoms. The van der Waals surface area contributed by atoms with E-state index in [9.17, 15) is 9.59 Å². The van der Waals surface area contributed by atoms with E-state index in [-0.39, 0.29) is 5.91 Å². The Morgan fingerprint density at radius 3 is 2.38 bits per heavy atom. The predicted molar refractivity (Wildman–Crippen MR) is 83.0 cm³/mol. The monoisotopic (exact) mass is 283 g/mol. The summed E-state index contributed by atoms with van der Waals surface area (Å²) in [6.45, 7) is 2.09. The summed E-state index contributed by atoms with van der Waals surface area (Å²) in [5, 5.41) is 5.94. The molecule has 2 aromatic carbocycles. The Morgan fingerprint density at radius 1 is 1.05 bits per heavy atom. The zero-order valence-corrected chi connectivity index (χ0v) is 11.7. The van der Waals surface area contributed by atoms with Gasteiger partial charge in [0, 0.05) is 30.4 Å². The first-order chi connectivity index (χ1) is 10.0. The summed E-state index contributed by atoms with van der Waals surface area (Å²) in [5.74, 6) is -0.539. The molecule has 0 atom stereocenters. The topological polar surface area (TPSA) is 84.2 Å². The molecule has 0 fully saturated rings. The number of nitrogens with one attached hydrogen (secondary N) is 2. The molecule has 0 saturated carbocycles. The van der Waals surface area contributed by atoms with E-state index in [1.54, 1.807) is 18.2 Å². The van der Waals surface area contributed by atoms with Crippen LogP contribution in [-0.2, 0) is 11.3 Å². The standard InChI is InChI=1S/C16H17N3O2/c1-11(20)19-14-7-5-12(6-8-14)10-18-15-4-2-3-13(9-15)16(17)21/h2-9,18H,10H2,1H3,(H2,17,21)(H,19,20). The van der Waals surface area contributed by atoms with Gasteiger partial charge in [-0.15, -0.1) is 0 Å². The predicted octanol–water partition coefficient (Wildman–Crippen LogP) is 2.36. The van der Waals surface area contributed by atoms with Crippen LogP contribution in [0.5, 0.6) is 0 Å². The zero-order chi connectivity index (χ0) is 15.2. The zero-order valence-electron chi connectivity index (χ0n) is 11.7. The Morgan fingerprint density at radius 2 is 1.76 bits per heavy atom. The van der Waals surface area contributed by atoms with Gasteiger partial charge in [0.05, 0.1) is 0 Å². The molecule has 2 amide bonds. The number of hydrogen-bond donors (Lipinski definition) is 3. The van der Waals surface area contributed by atoms with E-state index in [2.05, 4.69) is 10.6 Å². The average Bonchev–Trinajstić information content (AvgIpc) is 2.46. The van der Waals surface area contributed by atoms with Crippen LogP contribution in [0.4, 0.5) is 11.4 Å². The van der Waals surface area contributed by atoms with E-state index in [4.69, 9.17) is 5.73 Å². The van der Waals surface area contributed by atoms with Gasteiger partial charge in [-0.3, -0.25) is 9.59 Å². The fraction of sp³-hybridized carbons (Fsp3) is 0.125. The maximum absolute atomic E-state index is 11.1. The fourth-order valence-corrected chi connectivity index (χ4v) is 1.90. The second-order valence-corrected chi connectivity index (χ2v) is 4.68. The molecule has 2 aromatic rings. The van der Waals surface area contributed by atoms with Gasteiger partial charge in [0.2, 0.25) is 11.8 Å². The van der Waals surface area contributed by atoms with Gasteiger partial charge in [0.1, 0.15) is 0 Å². The molecule has 108 valence electrons. The van der Waals surface area contributed by atoms with Crippen LogP contribution in [0.15, 0.2) is 48.5 Å². The number of carbonyl (C=O) groups is 2. The lowest BCUT2D eigenvalue weighted by Crippen LogP contribution is -2.11. The van der Waals surface area contributed by atoms with Crippen molar-refractivity contribution in [3.05, 3.63) is 59.7 Å². The molecule has 0 aliphatic heterocycles. The number of anilines is 2. The fourth-order valence-electron chi connectivity index (χ4n) is 1.90. The first-order valence-corrected chi connectivity index (χ1v) is 6.55. The molecule has 4 N–H and O–H groups in total.